The summed E-state index contributed by atoms with van der Waals surface area (Å²) in [5, 5.41) is 0. The van der Waals surface area contributed by atoms with Crippen molar-refractivity contribution in [2.24, 2.45) is 0 Å². The Kier molecular flexibility index (Phi) is 3.92. The van der Waals surface area contributed by atoms with Crippen molar-refractivity contribution in [3.05, 3.63) is 29.8 Å². The molecule has 1 saturated carbocycles. The van der Waals surface area contributed by atoms with Gasteiger partial charge in [-0.05, 0) is 31.9 Å². The summed E-state index contributed by atoms with van der Waals surface area (Å²) in [7, 11) is -4.20. The topological polar surface area (TPSA) is 57.6 Å². The molecule has 4 nitrogen and oxygen atoms in total. The van der Waals surface area contributed by atoms with Crippen LogP contribution < -0.4 is 4.31 Å². The Morgan fingerprint density at radius 3 is 2.17 bits per heavy atom. The zero-order valence-corrected chi connectivity index (χ0v) is 11.4. The molecular weight excluding hydrogens is 250 g/mol. The molecule has 5 heteroatoms. The van der Waals surface area contributed by atoms with E-state index in [1.807, 2.05) is 19.1 Å². The third kappa shape index (κ3) is 3.03. The predicted octanol–water partition coefficient (Wildman–Crippen LogP) is 2.94. The summed E-state index contributed by atoms with van der Waals surface area (Å²) in [6, 6.07) is 7.10. The Labute approximate surface area is 109 Å². The van der Waals surface area contributed by atoms with Gasteiger partial charge < -0.3 is 0 Å². The molecule has 1 aliphatic rings. The van der Waals surface area contributed by atoms with Gasteiger partial charge in [0, 0.05) is 6.04 Å². The zero-order valence-electron chi connectivity index (χ0n) is 10.5. The van der Waals surface area contributed by atoms with Gasteiger partial charge in [-0.3, -0.25) is 4.55 Å². The lowest BCUT2D eigenvalue weighted by Gasteiger charge is -2.32. The van der Waals surface area contributed by atoms with E-state index in [0.717, 1.165) is 37.7 Å². The molecule has 0 amide bonds. The largest absolute Gasteiger partial charge is 0.360 e. The van der Waals surface area contributed by atoms with Crippen molar-refractivity contribution in [2.75, 3.05) is 4.31 Å². The van der Waals surface area contributed by atoms with Crippen molar-refractivity contribution >= 4 is 16.0 Å². The monoisotopic (exact) mass is 269 g/mol. The second-order valence-electron chi connectivity index (χ2n) is 4.90. The van der Waals surface area contributed by atoms with E-state index >= 15 is 0 Å². The molecule has 1 aromatic carbocycles. The maximum absolute atomic E-state index is 11.6. The van der Waals surface area contributed by atoms with Gasteiger partial charge in [-0.25, -0.2) is 4.31 Å². The second kappa shape index (κ2) is 5.28. The number of hydrogen-bond donors (Lipinski definition) is 1. The second-order valence-corrected chi connectivity index (χ2v) is 6.19. The molecule has 0 unspecified atom stereocenters. The quantitative estimate of drug-likeness (QED) is 0.858. The van der Waals surface area contributed by atoms with Gasteiger partial charge in [0.1, 0.15) is 0 Å². The van der Waals surface area contributed by atoms with E-state index in [-0.39, 0.29) is 6.04 Å². The third-order valence-electron chi connectivity index (χ3n) is 3.44. The molecule has 0 aliphatic heterocycles. The highest BCUT2D eigenvalue weighted by Gasteiger charge is 2.29. The molecule has 1 N–H and O–H groups in total. The number of rotatable bonds is 3. The van der Waals surface area contributed by atoms with Crippen LogP contribution in [0.15, 0.2) is 24.3 Å². The van der Waals surface area contributed by atoms with E-state index in [1.54, 1.807) is 12.1 Å². The van der Waals surface area contributed by atoms with Crippen LogP contribution in [0.25, 0.3) is 0 Å². The minimum atomic E-state index is -4.20. The van der Waals surface area contributed by atoms with Crippen molar-refractivity contribution < 1.29 is 13.0 Å². The fourth-order valence-corrected chi connectivity index (χ4v) is 3.52. The normalized spacial score (nSPS) is 17.7. The molecule has 0 saturated heterocycles. The van der Waals surface area contributed by atoms with Crippen LogP contribution in [0.2, 0.25) is 0 Å². The van der Waals surface area contributed by atoms with E-state index in [1.165, 1.54) is 4.31 Å². The molecule has 1 aromatic rings. The molecule has 0 atom stereocenters. The first-order valence-corrected chi connectivity index (χ1v) is 7.72. The number of aryl methyl sites for hydroxylation is 1. The van der Waals surface area contributed by atoms with Gasteiger partial charge in [-0.1, -0.05) is 37.0 Å². The van der Waals surface area contributed by atoms with Crippen LogP contribution in [0.1, 0.15) is 37.7 Å². The Hall–Kier alpha value is -1.07. The number of anilines is 1. The summed E-state index contributed by atoms with van der Waals surface area (Å²) in [6.45, 7) is 1.95. The lowest BCUT2D eigenvalue weighted by atomic mass is 9.95. The van der Waals surface area contributed by atoms with Gasteiger partial charge in [-0.2, -0.15) is 8.42 Å². The molecule has 0 aromatic heterocycles. The molecule has 100 valence electrons. The Bertz CT molecular complexity index is 489. The van der Waals surface area contributed by atoms with Crippen molar-refractivity contribution in [2.45, 2.75) is 45.1 Å². The average molecular weight is 269 g/mol. The smallest absolute Gasteiger partial charge is 0.269 e. The fraction of sp³-hybridized carbons (Fsp3) is 0.538. The third-order valence-corrected chi connectivity index (χ3v) is 4.45. The fourth-order valence-electron chi connectivity index (χ4n) is 2.54. The van der Waals surface area contributed by atoms with Crippen LogP contribution >= 0.6 is 0 Å². The first-order valence-electron chi connectivity index (χ1n) is 6.32. The summed E-state index contributed by atoms with van der Waals surface area (Å²) in [5.41, 5.74) is 1.62. The van der Waals surface area contributed by atoms with Crippen LogP contribution in [-0.4, -0.2) is 19.0 Å². The Morgan fingerprint density at radius 1 is 1.11 bits per heavy atom. The van der Waals surface area contributed by atoms with Crippen LogP contribution in [0.3, 0.4) is 0 Å². The molecule has 1 fully saturated rings. The minimum absolute atomic E-state index is 0.114. The van der Waals surface area contributed by atoms with Gasteiger partial charge in [-0.15, -0.1) is 0 Å². The standard InChI is InChI=1S/C13H19NO3S/c1-11-7-9-13(10-8-11)14(18(15,16)17)12-5-3-2-4-6-12/h7-10,12H,2-6H2,1H3,(H,15,16,17). The van der Waals surface area contributed by atoms with E-state index in [9.17, 15) is 13.0 Å². The molecule has 1 aliphatic carbocycles. The van der Waals surface area contributed by atoms with Crippen LogP contribution in [0.5, 0.6) is 0 Å². The molecule has 0 heterocycles. The summed E-state index contributed by atoms with van der Waals surface area (Å²) in [6.07, 6.45) is 4.80. The SMILES string of the molecule is Cc1ccc(N(C2CCCCC2)S(=O)(=O)O)cc1. The average Bonchev–Trinajstić information content (AvgIpc) is 2.32. The predicted molar refractivity (Wildman–Crippen MR) is 72.1 cm³/mol. The maximum atomic E-state index is 11.6. The summed E-state index contributed by atoms with van der Waals surface area (Å²) in [4.78, 5) is 0. The highest BCUT2D eigenvalue weighted by molar-refractivity contribution is 7.87. The van der Waals surface area contributed by atoms with E-state index in [0.29, 0.717) is 5.69 Å². The van der Waals surface area contributed by atoms with Crippen LogP contribution in [-0.2, 0) is 10.3 Å². The summed E-state index contributed by atoms with van der Waals surface area (Å²) < 4.78 is 33.8. The van der Waals surface area contributed by atoms with Gasteiger partial charge in [0.2, 0.25) is 0 Å². The zero-order chi connectivity index (χ0) is 13.2. The first-order chi connectivity index (χ1) is 8.48. The minimum Gasteiger partial charge on any atom is -0.269 e. The van der Waals surface area contributed by atoms with Gasteiger partial charge in [0.25, 0.3) is 0 Å². The van der Waals surface area contributed by atoms with E-state index in [2.05, 4.69) is 0 Å². The Balaban J connectivity index is 2.33. The molecule has 0 spiro atoms. The van der Waals surface area contributed by atoms with Gasteiger partial charge in [0.05, 0.1) is 5.69 Å². The molecular formula is C13H19NO3S. The Morgan fingerprint density at radius 2 is 1.67 bits per heavy atom. The molecule has 18 heavy (non-hydrogen) atoms. The van der Waals surface area contributed by atoms with Crippen LogP contribution in [0.4, 0.5) is 5.69 Å². The highest BCUT2D eigenvalue weighted by Crippen LogP contribution is 2.29. The maximum Gasteiger partial charge on any atom is 0.360 e. The van der Waals surface area contributed by atoms with Crippen molar-refractivity contribution in [3.8, 4) is 0 Å². The van der Waals surface area contributed by atoms with E-state index < -0.39 is 10.3 Å². The lowest BCUT2D eigenvalue weighted by Crippen LogP contribution is -2.41. The molecule has 0 bridgehead atoms. The van der Waals surface area contributed by atoms with Crippen molar-refractivity contribution in [1.29, 1.82) is 0 Å². The summed E-state index contributed by atoms with van der Waals surface area (Å²) in [5.74, 6) is 0. The number of nitrogens with zero attached hydrogens (tertiary/aromatic N) is 1. The van der Waals surface area contributed by atoms with Gasteiger partial charge in [0.15, 0.2) is 0 Å². The van der Waals surface area contributed by atoms with Crippen molar-refractivity contribution in [1.82, 2.24) is 0 Å². The van der Waals surface area contributed by atoms with E-state index in [4.69, 9.17) is 0 Å². The highest BCUT2D eigenvalue weighted by atomic mass is 32.2. The van der Waals surface area contributed by atoms with Gasteiger partial charge >= 0.3 is 10.3 Å². The summed E-state index contributed by atoms with van der Waals surface area (Å²) >= 11 is 0. The van der Waals surface area contributed by atoms with Crippen LogP contribution in [0, 0.1) is 6.92 Å². The molecule has 0 radical (unpaired) electrons. The molecule has 2 rings (SSSR count). The number of hydrogen-bond acceptors (Lipinski definition) is 2. The van der Waals surface area contributed by atoms with Crippen molar-refractivity contribution in [3.63, 3.8) is 0 Å². The first kappa shape index (κ1) is 13.4. The number of benzene rings is 1. The lowest BCUT2D eigenvalue weighted by molar-refractivity contribution is 0.416.